The van der Waals surface area contributed by atoms with Crippen molar-refractivity contribution in [3.05, 3.63) is 23.8 Å². The van der Waals surface area contributed by atoms with Gasteiger partial charge in [-0.2, -0.15) is 0 Å². The van der Waals surface area contributed by atoms with Crippen molar-refractivity contribution in [2.75, 3.05) is 18.1 Å². The van der Waals surface area contributed by atoms with Crippen LogP contribution in [0.5, 0.6) is 5.75 Å². The molecule has 1 aliphatic rings. The molecule has 6 heteroatoms. The highest BCUT2D eigenvalue weighted by Crippen LogP contribution is 2.36. The summed E-state index contributed by atoms with van der Waals surface area (Å²) in [7, 11) is 0. The molecule has 21 heavy (non-hydrogen) atoms. The Kier molecular flexibility index (Phi) is 4.18. The lowest BCUT2D eigenvalue weighted by atomic mass is 9.95. The highest BCUT2D eigenvalue weighted by molar-refractivity contribution is 6.03. The van der Waals surface area contributed by atoms with Gasteiger partial charge in [0.05, 0.1) is 17.8 Å². The maximum atomic E-state index is 12.7. The van der Waals surface area contributed by atoms with Gasteiger partial charge in [0.1, 0.15) is 12.2 Å². The lowest BCUT2D eigenvalue weighted by Gasteiger charge is -2.35. The number of ether oxygens (including phenoxy) is 1. The standard InChI is InChI=1S/C15H20N2O4/c1-3-7-15(2,16)14(20)17-8-9-21-12-10(13(18)19)5-4-6-11(12)17/h4-6H,3,7-9,16H2,1-2H3,(H,18,19). The zero-order valence-electron chi connectivity index (χ0n) is 12.3. The van der Waals surface area contributed by atoms with E-state index in [1.54, 1.807) is 19.1 Å². The van der Waals surface area contributed by atoms with Crippen LogP contribution in [0.15, 0.2) is 18.2 Å². The van der Waals surface area contributed by atoms with E-state index in [1.807, 2.05) is 6.92 Å². The Morgan fingerprint density at radius 1 is 1.48 bits per heavy atom. The predicted molar refractivity (Wildman–Crippen MR) is 78.7 cm³/mol. The minimum atomic E-state index is -1.08. The fourth-order valence-corrected chi connectivity index (χ4v) is 2.56. The van der Waals surface area contributed by atoms with Gasteiger partial charge in [0, 0.05) is 0 Å². The van der Waals surface area contributed by atoms with Gasteiger partial charge in [-0.25, -0.2) is 4.79 Å². The molecule has 0 aliphatic carbocycles. The van der Waals surface area contributed by atoms with Gasteiger partial charge < -0.3 is 20.5 Å². The van der Waals surface area contributed by atoms with Crippen LogP contribution in [0.2, 0.25) is 0 Å². The van der Waals surface area contributed by atoms with Crippen LogP contribution in [0, 0.1) is 0 Å². The number of carbonyl (C=O) groups is 2. The van der Waals surface area contributed by atoms with Crippen LogP contribution in [-0.2, 0) is 4.79 Å². The highest BCUT2D eigenvalue weighted by Gasteiger charge is 2.36. The van der Waals surface area contributed by atoms with Crippen LogP contribution in [0.25, 0.3) is 0 Å². The summed E-state index contributed by atoms with van der Waals surface area (Å²) in [6.07, 6.45) is 1.36. The number of carboxylic acids is 1. The average molecular weight is 292 g/mol. The summed E-state index contributed by atoms with van der Waals surface area (Å²) in [5.74, 6) is -1.06. The van der Waals surface area contributed by atoms with E-state index in [0.29, 0.717) is 18.7 Å². The Morgan fingerprint density at radius 3 is 2.81 bits per heavy atom. The Hall–Kier alpha value is -2.08. The third-order valence-corrected chi connectivity index (χ3v) is 3.58. The number of anilines is 1. The lowest BCUT2D eigenvalue weighted by Crippen LogP contribution is -2.55. The van der Waals surface area contributed by atoms with Crippen LogP contribution in [0.3, 0.4) is 0 Å². The fraction of sp³-hybridized carbons (Fsp3) is 0.467. The molecule has 0 saturated carbocycles. The molecule has 114 valence electrons. The molecule has 2 rings (SSSR count). The number of hydrogen-bond donors (Lipinski definition) is 2. The quantitative estimate of drug-likeness (QED) is 0.879. The number of carboxylic acid groups (broad SMARTS) is 1. The second kappa shape index (κ2) is 5.73. The van der Waals surface area contributed by atoms with Crippen molar-refractivity contribution >= 4 is 17.6 Å². The zero-order chi connectivity index (χ0) is 15.6. The third-order valence-electron chi connectivity index (χ3n) is 3.58. The molecule has 6 nitrogen and oxygen atoms in total. The Balaban J connectivity index is 2.41. The predicted octanol–water partition coefficient (Wildman–Crippen LogP) is 1.63. The monoisotopic (exact) mass is 292 g/mol. The molecular formula is C15H20N2O4. The van der Waals surface area contributed by atoms with Crippen molar-refractivity contribution in [3.8, 4) is 5.75 Å². The van der Waals surface area contributed by atoms with Gasteiger partial charge in [-0.1, -0.05) is 19.4 Å². The van der Waals surface area contributed by atoms with Crippen LogP contribution < -0.4 is 15.4 Å². The number of rotatable bonds is 4. The van der Waals surface area contributed by atoms with E-state index in [2.05, 4.69) is 0 Å². The zero-order valence-corrected chi connectivity index (χ0v) is 12.3. The molecule has 0 radical (unpaired) electrons. The summed E-state index contributed by atoms with van der Waals surface area (Å²) in [4.78, 5) is 25.4. The number of benzene rings is 1. The number of hydrogen-bond acceptors (Lipinski definition) is 4. The number of nitrogens with two attached hydrogens (primary N) is 1. The molecule has 1 amide bonds. The summed E-state index contributed by atoms with van der Waals surface area (Å²) >= 11 is 0. The van der Waals surface area contributed by atoms with Crippen molar-refractivity contribution in [2.45, 2.75) is 32.2 Å². The first kappa shape index (κ1) is 15.3. The average Bonchev–Trinajstić information content (AvgIpc) is 2.45. The first-order valence-corrected chi connectivity index (χ1v) is 6.98. The van der Waals surface area contributed by atoms with Crippen LogP contribution in [0.1, 0.15) is 37.0 Å². The molecule has 1 aromatic rings. The molecule has 0 spiro atoms. The second-order valence-corrected chi connectivity index (χ2v) is 5.43. The van der Waals surface area contributed by atoms with E-state index in [0.717, 1.165) is 6.42 Å². The summed E-state index contributed by atoms with van der Waals surface area (Å²) < 4.78 is 5.45. The molecule has 0 saturated heterocycles. The van der Waals surface area contributed by atoms with E-state index >= 15 is 0 Å². The number of carbonyl (C=O) groups excluding carboxylic acids is 1. The van der Waals surface area contributed by atoms with Crippen LogP contribution in [-0.4, -0.2) is 35.7 Å². The Bertz CT molecular complexity index is 569. The number of fused-ring (bicyclic) bond motifs is 1. The maximum absolute atomic E-state index is 12.7. The number of nitrogens with zero attached hydrogens (tertiary/aromatic N) is 1. The van der Waals surface area contributed by atoms with Crippen molar-refractivity contribution in [2.24, 2.45) is 5.73 Å². The van der Waals surface area contributed by atoms with E-state index in [4.69, 9.17) is 10.5 Å². The summed E-state index contributed by atoms with van der Waals surface area (Å²) in [5.41, 5.74) is 5.66. The highest BCUT2D eigenvalue weighted by atomic mass is 16.5. The van der Waals surface area contributed by atoms with E-state index in [1.165, 1.54) is 11.0 Å². The summed E-state index contributed by atoms with van der Waals surface area (Å²) in [5, 5.41) is 9.20. The van der Waals surface area contributed by atoms with E-state index in [-0.39, 0.29) is 23.8 Å². The molecule has 0 fully saturated rings. The van der Waals surface area contributed by atoms with Crippen LogP contribution >= 0.6 is 0 Å². The van der Waals surface area contributed by atoms with Gasteiger partial charge in [0.15, 0.2) is 5.75 Å². The smallest absolute Gasteiger partial charge is 0.339 e. The normalized spacial score (nSPS) is 16.6. The van der Waals surface area contributed by atoms with Crippen molar-refractivity contribution in [1.82, 2.24) is 0 Å². The first-order chi connectivity index (χ1) is 9.88. The second-order valence-electron chi connectivity index (χ2n) is 5.43. The van der Waals surface area contributed by atoms with Gasteiger partial charge in [0.2, 0.25) is 5.91 Å². The largest absolute Gasteiger partial charge is 0.489 e. The van der Waals surface area contributed by atoms with Crippen molar-refractivity contribution in [1.29, 1.82) is 0 Å². The van der Waals surface area contributed by atoms with Gasteiger partial charge in [0.25, 0.3) is 0 Å². The van der Waals surface area contributed by atoms with Gasteiger partial charge in [-0.05, 0) is 25.5 Å². The molecule has 1 atom stereocenters. The minimum absolute atomic E-state index is 0.0548. The molecule has 0 bridgehead atoms. The summed E-state index contributed by atoms with van der Waals surface area (Å²) in [6.45, 7) is 4.29. The maximum Gasteiger partial charge on any atom is 0.339 e. The molecule has 1 aliphatic heterocycles. The van der Waals surface area contributed by atoms with Gasteiger partial charge in [-0.3, -0.25) is 4.79 Å². The van der Waals surface area contributed by atoms with Gasteiger partial charge >= 0.3 is 5.97 Å². The Labute approximate surface area is 123 Å². The molecule has 1 unspecified atom stereocenters. The molecule has 0 aromatic heterocycles. The lowest BCUT2D eigenvalue weighted by molar-refractivity contribution is -0.123. The molecular weight excluding hydrogens is 272 g/mol. The van der Waals surface area contributed by atoms with Crippen LogP contribution in [0.4, 0.5) is 5.69 Å². The summed E-state index contributed by atoms with van der Waals surface area (Å²) in [6, 6.07) is 4.74. The SMILES string of the molecule is CCCC(C)(N)C(=O)N1CCOc2c(C(=O)O)cccc21. The molecule has 1 aromatic carbocycles. The number of amides is 1. The van der Waals surface area contributed by atoms with E-state index in [9.17, 15) is 14.7 Å². The van der Waals surface area contributed by atoms with Gasteiger partial charge in [-0.15, -0.1) is 0 Å². The van der Waals surface area contributed by atoms with E-state index < -0.39 is 11.5 Å². The third kappa shape index (κ3) is 2.85. The van der Waals surface area contributed by atoms with Crippen molar-refractivity contribution in [3.63, 3.8) is 0 Å². The number of aromatic carboxylic acids is 1. The molecule has 1 heterocycles. The molecule has 3 N–H and O–H groups in total. The Morgan fingerprint density at radius 2 is 2.19 bits per heavy atom. The topological polar surface area (TPSA) is 92.9 Å². The number of para-hydroxylation sites is 1. The minimum Gasteiger partial charge on any atom is -0.489 e. The van der Waals surface area contributed by atoms with Crippen molar-refractivity contribution < 1.29 is 19.4 Å². The fourth-order valence-electron chi connectivity index (χ4n) is 2.56. The first-order valence-electron chi connectivity index (χ1n) is 6.98.